The zero-order chi connectivity index (χ0) is 20.8. The van der Waals surface area contributed by atoms with Crippen LogP contribution in [0.5, 0.6) is 17.2 Å². The van der Waals surface area contributed by atoms with Crippen molar-refractivity contribution in [1.29, 1.82) is 0 Å². The number of methoxy groups -OCH3 is 3. The van der Waals surface area contributed by atoms with Gasteiger partial charge in [-0.1, -0.05) is 0 Å². The molecule has 1 aliphatic rings. The van der Waals surface area contributed by atoms with Crippen LogP contribution in [0.4, 0.5) is 0 Å². The van der Waals surface area contributed by atoms with Gasteiger partial charge in [-0.2, -0.15) is 0 Å². The highest BCUT2D eigenvalue weighted by molar-refractivity contribution is 5.91. The van der Waals surface area contributed by atoms with Crippen LogP contribution in [0, 0.1) is 0 Å². The van der Waals surface area contributed by atoms with Gasteiger partial charge in [0.2, 0.25) is 0 Å². The molecule has 0 N–H and O–H groups in total. The summed E-state index contributed by atoms with van der Waals surface area (Å²) in [5.41, 5.74) is 1.25. The van der Waals surface area contributed by atoms with Gasteiger partial charge in [-0.05, 0) is 55.3 Å². The summed E-state index contributed by atoms with van der Waals surface area (Å²) in [7, 11) is 4.75. The highest BCUT2D eigenvalue weighted by atomic mass is 16.5. The smallest absolute Gasteiger partial charge is 0.338 e. The Balaban J connectivity index is 1.68. The quantitative estimate of drug-likeness (QED) is 0.666. The molecule has 0 unspecified atom stereocenters. The SMILES string of the molecule is COc1ccc(C(=O)OCC(=O)N2CCC[C@@H]2c2cc(OC)ccc2OC)cc1. The minimum Gasteiger partial charge on any atom is -0.497 e. The largest absolute Gasteiger partial charge is 0.497 e. The average molecular weight is 399 g/mol. The van der Waals surface area contributed by atoms with E-state index in [4.69, 9.17) is 18.9 Å². The highest BCUT2D eigenvalue weighted by Crippen LogP contribution is 2.38. The number of ether oxygens (including phenoxy) is 4. The molecule has 0 spiro atoms. The molecule has 29 heavy (non-hydrogen) atoms. The molecule has 7 nitrogen and oxygen atoms in total. The fourth-order valence-electron chi connectivity index (χ4n) is 3.51. The molecule has 2 aromatic rings. The first-order valence-electron chi connectivity index (χ1n) is 9.40. The summed E-state index contributed by atoms with van der Waals surface area (Å²) in [6.07, 6.45) is 1.67. The van der Waals surface area contributed by atoms with E-state index in [1.54, 1.807) is 50.5 Å². The number of likely N-dealkylation sites (tertiary alicyclic amines) is 1. The van der Waals surface area contributed by atoms with Crippen molar-refractivity contribution in [1.82, 2.24) is 4.90 Å². The maximum atomic E-state index is 12.8. The number of carbonyl (C=O) groups excluding carboxylic acids is 2. The van der Waals surface area contributed by atoms with Crippen molar-refractivity contribution in [3.63, 3.8) is 0 Å². The summed E-state index contributed by atoms with van der Waals surface area (Å²) >= 11 is 0. The number of benzene rings is 2. The molecule has 7 heteroatoms. The molecular weight excluding hydrogens is 374 g/mol. The number of rotatable bonds is 7. The standard InChI is InChI=1S/C22H25NO6/c1-26-16-8-6-15(7-9-16)22(25)29-14-21(24)23-12-4-5-19(23)18-13-17(27-2)10-11-20(18)28-3/h6-11,13,19H,4-5,12,14H2,1-3H3/t19-/m1/s1. The van der Waals surface area contributed by atoms with E-state index >= 15 is 0 Å². The molecule has 1 fully saturated rings. The lowest BCUT2D eigenvalue weighted by atomic mass is 10.0. The average Bonchev–Trinajstić information content (AvgIpc) is 3.26. The monoisotopic (exact) mass is 399 g/mol. The van der Waals surface area contributed by atoms with Crippen molar-refractivity contribution in [2.45, 2.75) is 18.9 Å². The van der Waals surface area contributed by atoms with Crippen LogP contribution in [0.25, 0.3) is 0 Å². The van der Waals surface area contributed by atoms with Gasteiger partial charge in [-0.15, -0.1) is 0 Å². The van der Waals surface area contributed by atoms with Crippen LogP contribution >= 0.6 is 0 Å². The Hall–Kier alpha value is -3.22. The van der Waals surface area contributed by atoms with Crippen molar-refractivity contribution in [2.75, 3.05) is 34.5 Å². The predicted octanol–water partition coefficient (Wildman–Crippen LogP) is 3.23. The lowest BCUT2D eigenvalue weighted by Crippen LogP contribution is -2.34. The molecule has 1 heterocycles. The third kappa shape index (κ3) is 4.62. The van der Waals surface area contributed by atoms with Crippen LogP contribution in [0.1, 0.15) is 34.8 Å². The van der Waals surface area contributed by atoms with E-state index < -0.39 is 5.97 Å². The lowest BCUT2D eigenvalue weighted by Gasteiger charge is -2.26. The van der Waals surface area contributed by atoms with Gasteiger partial charge in [-0.3, -0.25) is 4.79 Å². The van der Waals surface area contributed by atoms with Crippen molar-refractivity contribution in [3.05, 3.63) is 53.6 Å². The molecule has 1 amide bonds. The Labute approximate surface area is 170 Å². The Morgan fingerprint density at radius 2 is 1.66 bits per heavy atom. The first-order valence-corrected chi connectivity index (χ1v) is 9.40. The first kappa shape index (κ1) is 20.5. The number of hydrogen-bond donors (Lipinski definition) is 0. The van der Waals surface area contributed by atoms with E-state index in [-0.39, 0.29) is 18.6 Å². The van der Waals surface area contributed by atoms with Crippen LogP contribution in [0.15, 0.2) is 42.5 Å². The van der Waals surface area contributed by atoms with Crippen molar-refractivity contribution >= 4 is 11.9 Å². The van der Waals surface area contributed by atoms with E-state index in [9.17, 15) is 9.59 Å². The Kier molecular flexibility index (Phi) is 6.59. The molecule has 0 aliphatic carbocycles. The lowest BCUT2D eigenvalue weighted by molar-refractivity contribution is -0.135. The molecular formula is C22H25NO6. The second kappa shape index (κ2) is 9.32. The maximum absolute atomic E-state index is 12.8. The molecule has 3 rings (SSSR count). The molecule has 0 saturated carbocycles. The van der Waals surface area contributed by atoms with Gasteiger partial charge in [0.1, 0.15) is 17.2 Å². The van der Waals surface area contributed by atoms with E-state index in [2.05, 4.69) is 0 Å². The van der Waals surface area contributed by atoms with Crippen LogP contribution in [0.2, 0.25) is 0 Å². The third-order valence-corrected chi connectivity index (χ3v) is 5.02. The van der Waals surface area contributed by atoms with E-state index in [1.807, 2.05) is 18.2 Å². The number of hydrogen-bond acceptors (Lipinski definition) is 6. The molecule has 0 radical (unpaired) electrons. The van der Waals surface area contributed by atoms with E-state index in [0.717, 1.165) is 18.4 Å². The fraction of sp³-hybridized carbons (Fsp3) is 0.364. The van der Waals surface area contributed by atoms with Crippen LogP contribution < -0.4 is 14.2 Å². The summed E-state index contributed by atoms with van der Waals surface area (Å²) < 4.78 is 21.1. The minimum atomic E-state index is -0.546. The van der Waals surface area contributed by atoms with Gasteiger partial charge >= 0.3 is 5.97 Å². The zero-order valence-corrected chi connectivity index (χ0v) is 16.8. The summed E-state index contributed by atoms with van der Waals surface area (Å²) in [6.45, 7) is 0.289. The fourth-order valence-corrected chi connectivity index (χ4v) is 3.51. The van der Waals surface area contributed by atoms with Crippen LogP contribution in [-0.2, 0) is 9.53 Å². The third-order valence-electron chi connectivity index (χ3n) is 5.02. The highest BCUT2D eigenvalue weighted by Gasteiger charge is 2.32. The van der Waals surface area contributed by atoms with Gasteiger partial charge in [0.25, 0.3) is 5.91 Å². The topological polar surface area (TPSA) is 74.3 Å². The summed E-state index contributed by atoms with van der Waals surface area (Å²) in [4.78, 5) is 26.7. The molecule has 0 aromatic heterocycles. The normalized spacial score (nSPS) is 15.7. The maximum Gasteiger partial charge on any atom is 0.338 e. The Morgan fingerprint density at radius 1 is 0.966 bits per heavy atom. The number of carbonyl (C=O) groups is 2. The van der Waals surface area contributed by atoms with E-state index in [1.165, 1.54) is 0 Å². The Bertz CT molecular complexity index is 864. The molecule has 1 aliphatic heterocycles. The molecule has 1 atom stereocenters. The molecule has 0 bridgehead atoms. The first-order chi connectivity index (χ1) is 14.1. The van der Waals surface area contributed by atoms with Crippen LogP contribution in [-0.4, -0.2) is 51.3 Å². The summed E-state index contributed by atoms with van der Waals surface area (Å²) in [5, 5.41) is 0. The minimum absolute atomic E-state index is 0.146. The number of amides is 1. The molecule has 1 saturated heterocycles. The van der Waals surface area contributed by atoms with Crippen molar-refractivity contribution < 1.29 is 28.5 Å². The number of nitrogens with zero attached hydrogens (tertiary/aromatic N) is 1. The summed E-state index contributed by atoms with van der Waals surface area (Å²) in [6, 6.07) is 11.9. The van der Waals surface area contributed by atoms with Gasteiger partial charge in [0.05, 0.1) is 32.9 Å². The number of esters is 1. The van der Waals surface area contributed by atoms with Gasteiger partial charge in [0.15, 0.2) is 6.61 Å². The summed E-state index contributed by atoms with van der Waals surface area (Å²) in [5.74, 6) is 1.26. The van der Waals surface area contributed by atoms with Crippen molar-refractivity contribution in [3.8, 4) is 17.2 Å². The van der Waals surface area contributed by atoms with Crippen LogP contribution in [0.3, 0.4) is 0 Å². The molecule has 2 aromatic carbocycles. The van der Waals surface area contributed by atoms with Crippen molar-refractivity contribution in [2.24, 2.45) is 0 Å². The Morgan fingerprint density at radius 3 is 2.31 bits per heavy atom. The second-order valence-electron chi connectivity index (χ2n) is 6.66. The van der Waals surface area contributed by atoms with Gasteiger partial charge < -0.3 is 23.8 Å². The molecule has 154 valence electrons. The van der Waals surface area contributed by atoms with E-state index in [0.29, 0.717) is 29.4 Å². The predicted molar refractivity (Wildman–Crippen MR) is 107 cm³/mol. The van der Waals surface area contributed by atoms with Gasteiger partial charge in [0, 0.05) is 12.1 Å². The van der Waals surface area contributed by atoms with Gasteiger partial charge in [-0.25, -0.2) is 4.79 Å². The second-order valence-corrected chi connectivity index (χ2v) is 6.66. The zero-order valence-electron chi connectivity index (χ0n) is 16.8.